The molecule has 0 aliphatic rings. The molecule has 1 aromatic rings. The topological polar surface area (TPSA) is 22.1 Å². The number of unbranched alkanes of at least 4 members (excludes halogenated alkanes) is 1. The lowest BCUT2D eigenvalue weighted by Crippen LogP contribution is -2.35. The van der Waals surface area contributed by atoms with Crippen LogP contribution in [0.15, 0.2) is 35.3 Å². The van der Waals surface area contributed by atoms with E-state index in [9.17, 15) is 0 Å². The van der Waals surface area contributed by atoms with Crippen LogP contribution in [0, 0.1) is 0 Å². The van der Waals surface area contributed by atoms with Gasteiger partial charge in [-0.25, -0.2) is 0 Å². The molecule has 0 saturated heterocycles. The maximum absolute atomic E-state index is 4.64. The molecular weight excluding hydrogens is 248 g/mol. The fourth-order valence-electron chi connectivity index (χ4n) is 2.13. The second kappa shape index (κ2) is 8.46. The molecule has 112 valence electrons. The van der Waals surface area contributed by atoms with Gasteiger partial charge in [0.1, 0.15) is 0 Å². The van der Waals surface area contributed by atoms with Gasteiger partial charge in [-0.05, 0) is 25.0 Å². The lowest BCUT2D eigenvalue weighted by atomic mass is 10.2. The summed E-state index contributed by atoms with van der Waals surface area (Å²) < 4.78 is 0. The number of rotatable bonds is 6. The van der Waals surface area contributed by atoms with Gasteiger partial charge in [-0.3, -0.25) is 4.99 Å². The Morgan fingerprint density at radius 1 is 0.900 bits per heavy atom. The van der Waals surface area contributed by atoms with Gasteiger partial charge in [0.15, 0.2) is 5.96 Å². The molecule has 0 aliphatic heterocycles. The van der Waals surface area contributed by atoms with Gasteiger partial charge >= 0.3 is 0 Å². The van der Waals surface area contributed by atoms with Crippen LogP contribution in [-0.2, 0) is 0 Å². The number of benzene rings is 1. The van der Waals surface area contributed by atoms with Crippen molar-refractivity contribution in [2.24, 2.45) is 4.99 Å². The van der Waals surface area contributed by atoms with E-state index in [0.717, 1.165) is 31.9 Å². The summed E-state index contributed by atoms with van der Waals surface area (Å²) in [4.78, 5) is 11.0. The van der Waals surface area contributed by atoms with Gasteiger partial charge < -0.3 is 14.7 Å². The Morgan fingerprint density at radius 2 is 1.50 bits per heavy atom. The van der Waals surface area contributed by atoms with E-state index in [1.165, 1.54) is 5.69 Å². The summed E-state index contributed by atoms with van der Waals surface area (Å²) in [6, 6.07) is 10.5. The standard InChI is InChI=1S/C16H28N4/c1-18(2)16(19(3)4)17-13-9-10-14-20(5)15-11-7-6-8-12-15/h6-8,11-12H,9-10,13-14H2,1-5H3. The molecule has 1 rings (SSSR count). The van der Waals surface area contributed by atoms with Gasteiger partial charge in [0.2, 0.25) is 0 Å². The zero-order valence-corrected chi connectivity index (χ0v) is 13.5. The molecule has 4 nitrogen and oxygen atoms in total. The molecule has 0 amide bonds. The minimum absolute atomic E-state index is 0.883. The molecule has 20 heavy (non-hydrogen) atoms. The molecule has 0 atom stereocenters. The summed E-state index contributed by atoms with van der Waals surface area (Å²) >= 11 is 0. The van der Waals surface area contributed by atoms with Crippen molar-refractivity contribution in [2.45, 2.75) is 12.8 Å². The quantitative estimate of drug-likeness (QED) is 0.452. The molecular formula is C16H28N4. The minimum atomic E-state index is 0.883. The maximum atomic E-state index is 4.64. The Hall–Kier alpha value is -1.71. The monoisotopic (exact) mass is 276 g/mol. The fraction of sp³-hybridized carbons (Fsp3) is 0.562. The molecule has 0 saturated carbocycles. The largest absolute Gasteiger partial charge is 0.375 e. The Kier molecular flexibility index (Phi) is 6.91. The third kappa shape index (κ3) is 5.51. The van der Waals surface area contributed by atoms with Gasteiger partial charge in [-0.2, -0.15) is 0 Å². The van der Waals surface area contributed by atoms with Gasteiger partial charge in [0.25, 0.3) is 0 Å². The van der Waals surface area contributed by atoms with Crippen molar-refractivity contribution in [3.05, 3.63) is 30.3 Å². The Bertz CT molecular complexity index is 388. The predicted octanol–water partition coefficient (Wildman–Crippen LogP) is 2.38. The summed E-state index contributed by atoms with van der Waals surface area (Å²) in [6.07, 6.45) is 2.27. The maximum Gasteiger partial charge on any atom is 0.195 e. The first-order valence-electron chi connectivity index (χ1n) is 7.17. The van der Waals surface area contributed by atoms with Crippen LogP contribution in [0.4, 0.5) is 5.69 Å². The van der Waals surface area contributed by atoms with Gasteiger partial charge in [0.05, 0.1) is 0 Å². The molecule has 0 spiro atoms. The van der Waals surface area contributed by atoms with Gasteiger partial charge in [-0.15, -0.1) is 0 Å². The SMILES string of the molecule is CN(C)C(=NCCCCN(C)c1ccccc1)N(C)C. The summed E-state index contributed by atoms with van der Waals surface area (Å²) in [6.45, 7) is 1.95. The number of nitrogens with zero attached hydrogens (tertiary/aromatic N) is 4. The van der Waals surface area contributed by atoms with E-state index >= 15 is 0 Å². The zero-order valence-electron chi connectivity index (χ0n) is 13.5. The van der Waals surface area contributed by atoms with Crippen LogP contribution in [0.1, 0.15) is 12.8 Å². The molecule has 0 aromatic heterocycles. The van der Waals surface area contributed by atoms with Gasteiger partial charge in [-0.1, -0.05) is 18.2 Å². The van der Waals surface area contributed by atoms with Crippen molar-refractivity contribution in [1.29, 1.82) is 0 Å². The molecule has 0 unspecified atom stereocenters. The molecule has 0 heterocycles. The number of anilines is 1. The van der Waals surface area contributed by atoms with Crippen molar-refractivity contribution in [3.63, 3.8) is 0 Å². The van der Waals surface area contributed by atoms with E-state index in [2.05, 4.69) is 57.1 Å². The van der Waals surface area contributed by atoms with Crippen molar-refractivity contribution in [1.82, 2.24) is 9.80 Å². The van der Waals surface area contributed by atoms with Crippen molar-refractivity contribution >= 4 is 11.6 Å². The first-order valence-corrected chi connectivity index (χ1v) is 7.17. The number of hydrogen-bond donors (Lipinski definition) is 0. The Morgan fingerprint density at radius 3 is 2.05 bits per heavy atom. The number of hydrogen-bond acceptors (Lipinski definition) is 2. The summed E-state index contributed by atoms with van der Waals surface area (Å²) in [5, 5.41) is 0. The van der Waals surface area contributed by atoms with Crippen molar-refractivity contribution < 1.29 is 0 Å². The Labute approximate surface area is 123 Å². The van der Waals surface area contributed by atoms with Crippen LogP contribution < -0.4 is 4.90 Å². The number of para-hydroxylation sites is 1. The highest BCUT2D eigenvalue weighted by molar-refractivity contribution is 5.79. The molecule has 4 heteroatoms. The molecule has 1 aromatic carbocycles. The van der Waals surface area contributed by atoms with E-state index in [1.54, 1.807) is 0 Å². The molecule has 0 aliphatic carbocycles. The molecule has 0 fully saturated rings. The van der Waals surface area contributed by atoms with E-state index in [0.29, 0.717) is 0 Å². The van der Waals surface area contributed by atoms with Crippen LogP contribution in [0.25, 0.3) is 0 Å². The summed E-state index contributed by atoms with van der Waals surface area (Å²) in [5.41, 5.74) is 1.28. The van der Waals surface area contributed by atoms with Crippen LogP contribution in [0.3, 0.4) is 0 Å². The summed E-state index contributed by atoms with van der Waals surface area (Å²) in [7, 11) is 10.3. The van der Waals surface area contributed by atoms with E-state index < -0.39 is 0 Å². The fourth-order valence-corrected chi connectivity index (χ4v) is 2.13. The number of guanidine groups is 1. The van der Waals surface area contributed by atoms with Crippen LogP contribution in [0.5, 0.6) is 0 Å². The minimum Gasteiger partial charge on any atom is -0.375 e. The molecule has 0 bridgehead atoms. The molecule has 0 N–H and O–H groups in total. The van der Waals surface area contributed by atoms with E-state index in [-0.39, 0.29) is 0 Å². The third-order valence-electron chi connectivity index (χ3n) is 3.15. The smallest absolute Gasteiger partial charge is 0.195 e. The first-order chi connectivity index (χ1) is 9.52. The Balaban J connectivity index is 2.30. The first kappa shape index (κ1) is 16.3. The highest BCUT2D eigenvalue weighted by Crippen LogP contribution is 2.11. The van der Waals surface area contributed by atoms with Crippen LogP contribution in [-0.4, -0.2) is 64.1 Å². The van der Waals surface area contributed by atoms with E-state index in [4.69, 9.17) is 0 Å². The second-order valence-corrected chi connectivity index (χ2v) is 5.43. The van der Waals surface area contributed by atoms with Crippen molar-refractivity contribution in [3.8, 4) is 0 Å². The number of aliphatic imine (C=N–C) groups is 1. The third-order valence-corrected chi connectivity index (χ3v) is 3.15. The van der Waals surface area contributed by atoms with E-state index in [1.807, 2.05) is 28.2 Å². The average Bonchev–Trinajstić information content (AvgIpc) is 2.42. The van der Waals surface area contributed by atoms with Crippen molar-refractivity contribution in [2.75, 3.05) is 53.2 Å². The zero-order chi connectivity index (χ0) is 15.0. The molecule has 0 radical (unpaired) electrons. The normalized spacial score (nSPS) is 10.1. The lowest BCUT2D eigenvalue weighted by Gasteiger charge is -2.23. The second-order valence-electron chi connectivity index (χ2n) is 5.43. The predicted molar refractivity (Wildman–Crippen MR) is 88.6 cm³/mol. The highest BCUT2D eigenvalue weighted by atomic mass is 15.3. The highest BCUT2D eigenvalue weighted by Gasteiger charge is 2.03. The average molecular weight is 276 g/mol. The van der Waals surface area contributed by atoms with Gasteiger partial charge in [0, 0.05) is 54.0 Å². The van der Waals surface area contributed by atoms with Crippen LogP contribution in [0.2, 0.25) is 0 Å². The lowest BCUT2D eigenvalue weighted by molar-refractivity contribution is 0.478. The van der Waals surface area contributed by atoms with Crippen LogP contribution >= 0.6 is 0 Å². The summed E-state index contributed by atoms with van der Waals surface area (Å²) in [5.74, 6) is 1.03.